The summed E-state index contributed by atoms with van der Waals surface area (Å²) < 4.78 is 28.7. The fourth-order valence-electron chi connectivity index (χ4n) is 2.13. The van der Waals surface area contributed by atoms with Gasteiger partial charge < -0.3 is 15.4 Å². The third kappa shape index (κ3) is 3.63. The Morgan fingerprint density at radius 3 is 3.11 bits per heavy atom. The molecule has 1 aromatic heterocycles. The van der Waals surface area contributed by atoms with Crippen LogP contribution in [0.4, 0.5) is 8.78 Å². The third-order valence-corrected chi connectivity index (χ3v) is 4.02. The monoisotopic (exact) mass is 290 g/mol. The number of hydrogen-bond acceptors (Lipinski definition) is 4. The van der Waals surface area contributed by atoms with Gasteiger partial charge in [-0.1, -0.05) is 0 Å². The molecule has 2 unspecified atom stereocenters. The topological polar surface area (TPSA) is 50.4 Å². The number of piperidine rings is 1. The van der Waals surface area contributed by atoms with Crippen LogP contribution in [-0.4, -0.2) is 31.1 Å². The number of halogens is 2. The summed E-state index contributed by atoms with van der Waals surface area (Å²) in [5.41, 5.74) is 0. The summed E-state index contributed by atoms with van der Waals surface area (Å²) in [6, 6.07) is 1.58. The van der Waals surface area contributed by atoms with Crippen molar-refractivity contribution < 1.29 is 18.3 Å². The molecule has 2 heterocycles. The van der Waals surface area contributed by atoms with Crippen molar-refractivity contribution in [1.82, 2.24) is 10.6 Å². The van der Waals surface area contributed by atoms with Crippen LogP contribution in [0, 0.1) is 0 Å². The fraction of sp³-hybridized carbons (Fsp3) is 0.583. The maximum Gasteiger partial charge on any atom is 0.387 e. The van der Waals surface area contributed by atoms with Gasteiger partial charge in [-0.15, -0.1) is 11.3 Å². The third-order valence-electron chi connectivity index (χ3n) is 3.13. The predicted molar refractivity (Wildman–Crippen MR) is 68.9 cm³/mol. The van der Waals surface area contributed by atoms with Gasteiger partial charge in [0.2, 0.25) is 0 Å². The van der Waals surface area contributed by atoms with Crippen molar-refractivity contribution in [2.24, 2.45) is 0 Å². The van der Waals surface area contributed by atoms with Crippen molar-refractivity contribution in [3.05, 3.63) is 16.3 Å². The lowest BCUT2D eigenvalue weighted by Crippen LogP contribution is -2.51. The van der Waals surface area contributed by atoms with Crippen molar-refractivity contribution in [3.8, 4) is 5.75 Å². The highest BCUT2D eigenvalue weighted by molar-refractivity contribution is 7.12. The summed E-state index contributed by atoms with van der Waals surface area (Å²) in [5, 5.41) is 7.70. The van der Waals surface area contributed by atoms with Crippen LogP contribution < -0.4 is 15.4 Å². The molecule has 0 radical (unpaired) electrons. The molecule has 1 aromatic rings. The summed E-state index contributed by atoms with van der Waals surface area (Å²) in [6.45, 7) is 0.0119. The predicted octanol–water partition coefficient (Wildman–Crippen LogP) is 2.22. The molecule has 0 saturated carbocycles. The maximum atomic E-state index is 12.2. The second-order valence-electron chi connectivity index (χ2n) is 4.46. The number of rotatable bonds is 4. The molecule has 1 aliphatic rings. The molecule has 1 aliphatic heterocycles. The van der Waals surface area contributed by atoms with Gasteiger partial charge in [0.05, 0.1) is 0 Å². The molecule has 106 valence electrons. The number of hydrogen-bond donors (Lipinski definition) is 2. The molecule has 1 saturated heterocycles. The van der Waals surface area contributed by atoms with Crippen molar-refractivity contribution in [2.75, 3.05) is 6.54 Å². The van der Waals surface area contributed by atoms with E-state index in [1.165, 1.54) is 6.07 Å². The lowest BCUT2D eigenvalue weighted by atomic mass is 10.00. The first-order valence-corrected chi connectivity index (χ1v) is 7.02. The SMILES string of the molecule is CC1NCCCC1NC(=O)c1sccc1OC(F)F. The summed E-state index contributed by atoms with van der Waals surface area (Å²) in [5.74, 6) is -0.417. The highest BCUT2D eigenvalue weighted by Crippen LogP contribution is 2.26. The molecule has 0 bridgehead atoms. The maximum absolute atomic E-state index is 12.2. The van der Waals surface area contributed by atoms with Gasteiger partial charge in [0, 0.05) is 12.1 Å². The normalized spacial score (nSPS) is 23.4. The minimum atomic E-state index is -2.92. The van der Waals surface area contributed by atoms with E-state index in [0.717, 1.165) is 30.7 Å². The summed E-state index contributed by atoms with van der Waals surface area (Å²) >= 11 is 1.10. The van der Waals surface area contributed by atoms with E-state index in [4.69, 9.17) is 0 Å². The number of carbonyl (C=O) groups excluding carboxylic acids is 1. The quantitative estimate of drug-likeness (QED) is 0.894. The molecular formula is C12H16F2N2O2S. The Balaban J connectivity index is 2.01. The lowest BCUT2D eigenvalue weighted by molar-refractivity contribution is -0.0498. The summed E-state index contributed by atoms with van der Waals surface area (Å²) in [4.78, 5) is 12.3. The molecule has 0 aromatic carbocycles. The Labute approximate surface area is 114 Å². The van der Waals surface area contributed by atoms with Crippen LogP contribution in [-0.2, 0) is 0 Å². The number of alkyl halides is 2. The molecule has 1 fully saturated rings. The molecule has 1 amide bonds. The van der Waals surface area contributed by atoms with Gasteiger partial charge in [0.1, 0.15) is 10.6 Å². The van der Waals surface area contributed by atoms with E-state index in [1.54, 1.807) is 5.38 Å². The molecule has 4 nitrogen and oxygen atoms in total. The van der Waals surface area contributed by atoms with Crippen LogP contribution in [0.3, 0.4) is 0 Å². The number of nitrogens with one attached hydrogen (secondary N) is 2. The van der Waals surface area contributed by atoms with E-state index in [0.29, 0.717) is 0 Å². The summed E-state index contributed by atoms with van der Waals surface area (Å²) in [6.07, 6.45) is 1.87. The molecule has 0 spiro atoms. The lowest BCUT2D eigenvalue weighted by Gasteiger charge is -2.30. The Morgan fingerprint density at radius 2 is 2.42 bits per heavy atom. The van der Waals surface area contributed by atoms with Crippen LogP contribution in [0.15, 0.2) is 11.4 Å². The average Bonchev–Trinajstić information content (AvgIpc) is 2.79. The van der Waals surface area contributed by atoms with Crippen LogP contribution in [0.1, 0.15) is 29.4 Å². The standard InChI is InChI=1S/C12H16F2N2O2S/c1-7-8(3-2-5-15-7)16-11(17)10-9(4-6-19-10)18-12(13)14/h4,6-8,12,15H,2-3,5H2,1H3,(H,16,17). The van der Waals surface area contributed by atoms with E-state index in [9.17, 15) is 13.6 Å². The van der Waals surface area contributed by atoms with Gasteiger partial charge in [-0.05, 0) is 37.8 Å². The first-order chi connectivity index (χ1) is 9.08. The van der Waals surface area contributed by atoms with Crippen LogP contribution in [0.5, 0.6) is 5.75 Å². The van der Waals surface area contributed by atoms with Crippen molar-refractivity contribution in [3.63, 3.8) is 0 Å². The van der Waals surface area contributed by atoms with Crippen LogP contribution in [0.25, 0.3) is 0 Å². The second-order valence-corrected chi connectivity index (χ2v) is 5.37. The van der Waals surface area contributed by atoms with Crippen molar-refractivity contribution >= 4 is 17.2 Å². The van der Waals surface area contributed by atoms with Gasteiger partial charge in [-0.2, -0.15) is 8.78 Å². The molecular weight excluding hydrogens is 274 g/mol. The van der Waals surface area contributed by atoms with E-state index in [1.807, 2.05) is 6.92 Å². The average molecular weight is 290 g/mol. The van der Waals surface area contributed by atoms with Crippen molar-refractivity contribution in [1.29, 1.82) is 0 Å². The molecule has 19 heavy (non-hydrogen) atoms. The Hall–Kier alpha value is -1.21. The number of amides is 1. The Kier molecular flexibility index (Phi) is 4.71. The Morgan fingerprint density at radius 1 is 1.63 bits per heavy atom. The minimum absolute atomic E-state index is 0.0164. The number of carbonyl (C=O) groups is 1. The van der Waals surface area contributed by atoms with Gasteiger partial charge in [0.15, 0.2) is 0 Å². The van der Waals surface area contributed by atoms with E-state index < -0.39 is 6.61 Å². The largest absolute Gasteiger partial charge is 0.433 e. The molecule has 2 rings (SSSR count). The Bertz CT molecular complexity index is 439. The van der Waals surface area contributed by atoms with E-state index in [2.05, 4.69) is 15.4 Å². The zero-order chi connectivity index (χ0) is 13.8. The van der Waals surface area contributed by atoms with Gasteiger partial charge in [0.25, 0.3) is 5.91 Å². The van der Waals surface area contributed by atoms with E-state index in [-0.39, 0.29) is 28.6 Å². The minimum Gasteiger partial charge on any atom is -0.433 e. The first kappa shape index (κ1) is 14.2. The molecule has 2 atom stereocenters. The molecule has 2 N–H and O–H groups in total. The highest BCUT2D eigenvalue weighted by Gasteiger charge is 2.25. The zero-order valence-electron chi connectivity index (χ0n) is 10.5. The smallest absolute Gasteiger partial charge is 0.387 e. The number of thiophene rings is 1. The van der Waals surface area contributed by atoms with Gasteiger partial charge >= 0.3 is 6.61 Å². The fourth-order valence-corrected chi connectivity index (χ4v) is 2.85. The molecule has 7 heteroatoms. The van der Waals surface area contributed by atoms with Crippen molar-refractivity contribution in [2.45, 2.75) is 38.5 Å². The first-order valence-electron chi connectivity index (χ1n) is 6.14. The molecule has 0 aliphatic carbocycles. The van der Waals surface area contributed by atoms with Crippen LogP contribution >= 0.6 is 11.3 Å². The van der Waals surface area contributed by atoms with Gasteiger partial charge in [-0.3, -0.25) is 4.79 Å². The van der Waals surface area contributed by atoms with E-state index >= 15 is 0 Å². The zero-order valence-corrected chi connectivity index (χ0v) is 11.3. The number of ether oxygens (including phenoxy) is 1. The summed E-state index contributed by atoms with van der Waals surface area (Å²) in [7, 11) is 0. The van der Waals surface area contributed by atoms with Crippen LogP contribution in [0.2, 0.25) is 0 Å². The van der Waals surface area contributed by atoms with Gasteiger partial charge in [-0.25, -0.2) is 0 Å². The second kappa shape index (κ2) is 6.29. The highest BCUT2D eigenvalue weighted by atomic mass is 32.1.